The number of hydrogen-bond donors (Lipinski definition) is 0. The van der Waals surface area contributed by atoms with Gasteiger partial charge in [0, 0.05) is 16.6 Å². The molecule has 0 spiro atoms. The van der Waals surface area contributed by atoms with E-state index in [1.807, 2.05) is 54.6 Å². The van der Waals surface area contributed by atoms with Gasteiger partial charge in [0.15, 0.2) is 0 Å². The lowest BCUT2D eigenvalue weighted by atomic mass is 10.1. The second-order valence-corrected chi connectivity index (χ2v) is 8.99. The van der Waals surface area contributed by atoms with Crippen molar-refractivity contribution >= 4 is 34.9 Å². The molecule has 0 amide bonds. The molecule has 0 radical (unpaired) electrons. The number of nitrogens with zero attached hydrogens (tertiary/aromatic N) is 1. The first-order valence-electron chi connectivity index (χ1n) is 8.88. The minimum Gasteiger partial charge on any atom is -0.404 e. The number of carbonyl (C=O) groups is 1. The van der Waals surface area contributed by atoms with Crippen LogP contribution in [0.3, 0.4) is 0 Å². The lowest BCUT2D eigenvalue weighted by molar-refractivity contribution is -0.160. The van der Waals surface area contributed by atoms with Crippen LogP contribution >= 0.6 is 18.2 Å². The molecule has 8 heteroatoms. The van der Waals surface area contributed by atoms with Crippen LogP contribution in [0, 0.1) is 0 Å². The molecule has 1 unspecified atom stereocenters. The molecule has 0 saturated heterocycles. The molecule has 0 bridgehead atoms. The van der Waals surface area contributed by atoms with Crippen molar-refractivity contribution < 1.29 is 23.1 Å². The molecule has 3 aromatic carbocycles. The van der Waals surface area contributed by atoms with Gasteiger partial charge in [0.1, 0.15) is 5.75 Å². The monoisotopic (exact) mass is 433 g/mol. The van der Waals surface area contributed by atoms with Gasteiger partial charge < -0.3 is 13.8 Å². The molecular weight excluding hydrogens is 413 g/mol. The van der Waals surface area contributed by atoms with E-state index in [9.17, 15) is 9.36 Å². The Morgan fingerprint density at radius 1 is 1.00 bits per heavy atom. The van der Waals surface area contributed by atoms with E-state index >= 15 is 0 Å². The van der Waals surface area contributed by atoms with Crippen molar-refractivity contribution in [3.8, 4) is 5.75 Å². The summed E-state index contributed by atoms with van der Waals surface area (Å²) in [4.78, 5) is 14.0. The van der Waals surface area contributed by atoms with Crippen molar-refractivity contribution in [1.29, 1.82) is 0 Å². The Morgan fingerprint density at radius 2 is 1.66 bits per heavy atom. The molecule has 0 aliphatic heterocycles. The van der Waals surface area contributed by atoms with Crippen molar-refractivity contribution in [1.82, 2.24) is 4.90 Å². The van der Waals surface area contributed by atoms with Gasteiger partial charge in [-0.15, -0.1) is 0 Å². The van der Waals surface area contributed by atoms with E-state index < -0.39 is 19.1 Å². The summed E-state index contributed by atoms with van der Waals surface area (Å²) in [6, 6.07) is 22.0. The van der Waals surface area contributed by atoms with Crippen molar-refractivity contribution in [3.05, 3.63) is 78.4 Å². The molecule has 29 heavy (non-hydrogen) atoms. The van der Waals surface area contributed by atoms with E-state index in [1.165, 1.54) is 4.90 Å². The maximum atomic E-state index is 12.7. The van der Waals surface area contributed by atoms with Gasteiger partial charge in [-0.25, -0.2) is 9.36 Å². The van der Waals surface area contributed by atoms with Crippen LogP contribution in [0.5, 0.6) is 5.75 Å². The Bertz CT molecular complexity index is 1020. The third kappa shape index (κ3) is 5.81. The average Bonchev–Trinajstić information content (AvgIpc) is 2.68. The molecule has 0 heterocycles. The molecular formula is C21H21ClNO5P. The summed E-state index contributed by atoms with van der Waals surface area (Å²) < 4.78 is 28.7. The Hall–Kier alpha value is -2.37. The van der Waals surface area contributed by atoms with E-state index in [0.717, 1.165) is 10.9 Å². The number of halogens is 1. The van der Waals surface area contributed by atoms with E-state index in [4.69, 9.17) is 25.0 Å². The highest BCUT2D eigenvalue weighted by molar-refractivity contribution is 7.82. The van der Waals surface area contributed by atoms with Gasteiger partial charge in [-0.2, -0.15) is 0 Å². The normalized spacial score (nSPS) is 14.3. The predicted octanol–water partition coefficient (Wildman–Crippen LogP) is 5.21. The molecule has 152 valence electrons. The molecule has 0 saturated carbocycles. The van der Waals surface area contributed by atoms with Crippen LogP contribution in [0.15, 0.2) is 72.8 Å². The van der Waals surface area contributed by atoms with Crippen molar-refractivity contribution in [2.24, 2.45) is 0 Å². The molecule has 3 aromatic rings. The third-order valence-corrected chi connectivity index (χ3v) is 5.30. The zero-order chi connectivity index (χ0) is 20.9. The number of rotatable bonds is 8. The third-order valence-electron chi connectivity index (χ3n) is 4.08. The fourth-order valence-corrected chi connectivity index (χ4v) is 3.90. The molecule has 0 N–H and O–H groups in total. The number of hydrogen-bond acceptors (Lipinski definition) is 6. The number of likely N-dealkylation sites (N-methyl/N-ethyl adjacent to an activating group) is 1. The van der Waals surface area contributed by atoms with E-state index in [-0.39, 0.29) is 12.4 Å². The second kappa shape index (κ2) is 9.42. The first-order chi connectivity index (χ1) is 13.9. The summed E-state index contributed by atoms with van der Waals surface area (Å²) in [6.07, 6.45) is -1.10. The van der Waals surface area contributed by atoms with Gasteiger partial charge in [-0.05, 0) is 31.1 Å². The number of carbonyl (C=O) groups excluding carboxylic acids is 1. The zero-order valence-electron chi connectivity index (χ0n) is 16.0. The van der Waals surface area contributed by atoms with Gasteiger partial charge >= 0.3 is 12.9 Å². The van der Waals surface area contributed by atoms with Gasteiger partial charge in [-0.1, -0.05) is 66.7 Å². The first-order valence-corrected chi connectivity index (χ1v) is 11.3. The molecule has 0 fully saturated rings. The minimum atomic E-state index is -4.25. The highest BCUT2D eigenvalue weighted by atomic mass is 35.7. The first kappa shape index (κ1) is 21.3. The lowest BCUT2D eigenvalue weighted by Gasteiger charge is -2.23. The molecule has 6 nitrogen and oxygen atoms in total. The lowest BCUT2D eigenvalue weighted by Crippen LogP contribution is -2.39. The Labute approximate surface area is 174 Å². The molecule has 0 aliphatic carbocycles. The van der Waals surface area contributed by atoms with E-state index in [0.29, 0.717) is 5.39 Å². The van der Waals surface area contributed by atoms with E-state index in [2.05, 4.69) is 0 Å². The van der Waals surface area contributed by atoms with Crippen LogP contribution in [0.2, 0.25) is 0 Å². The highest BCUT2D eigenvalue weighted by Crippen LogP contribution is 2.54. The summed E-state index contributed by atoms with van der Waals surface area (Å²) in [5.41, 5.74) is 0.883. The largest absolute Gasteiger partial charge is 0.532 e. The van der Waals surface area contributed by atoms with Gasteiger partial charge in [0.2, 0.25) is 6.23 Å². The number of ether oxygens (including phenoxy) is 1. The maximum Gasteiger partial charge on any atom is 0.532 e. The Morgan fingerprint density at radius 3 is 2.38 bits per heavy atom. The SMILES string of the molecule is CN(C)[C@@H](OCc1ccccc1)C(=O)OP(=O)(Cl)Oc1cccc2ccccc12. The summed E-state index contributed by atoms with van der Waals surface area (Å²) >= 11 is 5.95. The Balaban J connectivity index is 1.70. The summed E-state index contributed by atoms with van der Waals surface area (Å²) in [5.74, 6) is -0.634. The highest BCUT2D eigenvalue weighted by Gasteiger charge is 2.34. The molecule has 2 atom stereocenters. The molecule has 0 aromatic heterocycles. The standard InChI is InChI=1S/C21H21ClNO5P/c1-23(2)20(26-15-16-9-4-3-5-10-16)21(24)28-29(22,25)27-19-14-8-12-17-11-6-7-13-18(17)19/h3-14,20H,15H2,1-2H3/t20-,29?/m0/s1. The van der Waals surface area contributed by atoms with E-state index in [1.54, 1.807) is 32.3 Å². The van der Waals surface area contributed by atoms with Gasteiger partial charge in [0.25, 0.3) is 0 Å². The van der Waals surface area contributed by atoms with Crippen LogP contribution in [0.1, 0.15) is 5.56 Å². The molecule has 0 aliphatic rings. The summed E-state index contributed by atoms with van der Waals surface area (Å²) in [7, 11) is 3.28. The van der Waals surface area contributed by atoms with Crippen LogP contribution in [0.25, 0.3) is 10.8 Å². The van der Waals surface area contributed by atoms with Crippen LogP contribution in [-0.2, 0) is 25.2 Å². The van der Waals surface area contributed by atoms with Crippen molar-refractivity contribution in [3.63, 3.8) is 0 Å². The second-order valence-electron chi connectivity index (χ2n) is 6.52. The van der Waals surface area contributed by atoms with Crippen LogP contribution < -0.4 is 4.52 Å². The van der Waals surface area contributed by atoms with Crippen LogP contribution in [0.4, 0.5) is 0 Å². The quantitative estimate of drug-likeness (QED) is 0.359. The van der Waals surface area contributed by atoms with Crippen molar-refractivity contribution in [2.75, 3.05) is 14.1 Å². The maximum absolute atomic E-state index is 12.7. The molecule has 3 rings (SSSR count). The summed E-state index contributed by atoms with van der Waals surface area (Å²) in [6.45, 7) is -4.07. The van der Waals surface area contributed by atoms with Crippen LogP contribution in [-0.4, -0.2) is 31.2 Å². The van der Waals surface area contributed by atoms with Gasteiger partial charge in [0.05, 0.1) is 6.61 Å². The number of benzene rings is 3. The van der Waals surface area contributed by atoms with Crippen molar-refractivity contribution in [2.45, 2.75) is 12.8 Å². The predicted molar refractivity (Wildman–Crippen MR) is 113 cm³/mol. The summed E-state index contributed by atoms with van der Waals surface area (Å²) in [5, 5.41) is 1.58. The fourth-order valence-electron chi connectivity index (χ4n) is 2.74. The zero-order valence-corrected chi connectivity index (χ0v) is 17.7. The Kier molecular flexibility index (Phi) is 6.93. The smallest absolute Gasteiger partial charge is 0.404 e. The average molecular weight is 434 g/mol. The number of fused-ring (bicyclic) bond motifs is 1. The van der Waals surface area contributed by atoms with Gasteiger partial charge in [-0.3, -0.25) is 4.90 Å². The fraction of sp³-hybridized carbons (Fsp3) is 0.190. The minimum absolute atomic E-state index is 0.176. The topological polar surface area (TPSA) is 65.1 Å².